The molecule has 1 saturated heterocycles. The molecule has 34 heavy (non-hydrogen) atoms. The first kappa shape index (κ1) is 27.8. The summed E-state index contributed by atoms with van der Waals surface area (Å²) >= 11 is 2.38. The second-order valence-electron chi connectivity index (χ2n) is 8.78. The zero-order chi connectivity index (χ0) is 24.4. The van der Waals surface area contributed by atoms with Crippen molar-refractivity contribution in [2.75, 3.05) is 11.5 Å². The molecule has 2 aromatic carbocycles. The Balaban J connectivity index is 1.91. The fraction of sp³-hybridized carbons (Fsp3) is 0.556. The summed E-state index contributed by atoms with van der Waals surface area (Å²) in [5, 5.41) is 0. The van der Waals surface area contributed by atoms with Crippen LogP contribution in [0.25, 0.3) is 0 Å². The predicted octanol–water partition coefficient (Wildman–Crippen LogP) is 6.35. The van der Waals surface area contributed by atoms with E-state index in [9.17, 15) is 0 Å². The van der Waals surface area contributed by atoms with Gasteiger partial charge in [0.1, 0.15) is 18.3 Å². The molecule has 0 N–H and O–H groups in total. The van der Waals surface area contributed by atoms with E-state index in [0.717, 1.165) is 33.7 Å². The molecular weight excluding hydrogens is 559 g/mol. The van der Waals surface area contributed by atoms with Crippen LogP contribution in [0.2, 0.25) is 18.1 Å². The second kappa shape index (κ2) is 14.1. The summed E-state index contributed by atoms with van der Waals surface area (Å²) in [5.74, 6) is 0. The molecule has 0 unspecified atom stereocenters. The van der Waals surface area contributed by atoms with Crippen LogP contribution in [0.4, 0.5) is 0 Å². The second-order valence-corrected chi connectivity index (χ2v) is 14.4. The van der Waals surface area contributed by atoms with Crippen LogP contribution in [0.3, 0.4) is 0 Å². The van der Waals surface area contributed by atoms with Gasteiger partial charge in [0.15, 0.2) is 14.6 Å². The number of alkyl halides is 1. The van der Waals surface area contributed by atoms with Crippen molar-refractivity contribution >= 4 is 30.9 Å². The van der Waals surface area contributed by atoms with Crippen LogP contribution in [-0.4, -0.2) is 50.6 Å². The number of halogens is 1. The Hall–Kier alpha value is -0.813. The molecule has 0 aliphatic carbocycles. The molecule has 188 valence electrons. The van der Waals surface area contributed by atoms with Crippen molar-refractivity contribution in [2.45, 2.75) is 82.8 Å². The molecule has 0 bridgehead atoms. The van der Waals surface area contributed by atoms with Gasteiger partial charge in [0, 0.05) is 11.5 Å². The van der Waals surface area contributed by atoms with Gasteiger partial charge in [0.2, 0.25) is 0 Å². The lowest BCUT2D eigenvalue weighted by Gasteiger charge is -2.48. The minimum absolute atomic E-state index is 0.126. The monoisotopic (exact) mass is 598 g/mol. The molecule has 1 aliphatic heterocycles. The number of benzene rings is 2. The van der Waals surface area contributed by atoms with Crippen LogP contribution in [0.5, 0.6) is 0 Å². The van der Waals surface area contributed by atoms with E-state index in [-0.39, 0.29) is 18.3 Å². The molecule has 0 aromatic heterocycles. The van der Waals surface area contributed by atoms with Crippen LogP contribution >= 0.6 is 22.6 Å². The number of ether oxygens (including phenoxy) is 4. The maximum Gasteiger partial charge on any atom is 0.192 e. The van der Waals surface area contributed by atoms with Crippen molar-refractivity contribution in [2.24, 2.45) is 0 Å². The Morgan fingerprint density at radius 2 is 1.26 bits per heavy atom. The minimum Gasteiger partial charge on any atom is -0.408 e. The smallest absolute Gasteiger partial charge is 0.192 e. The van der Waals surface area contributed by atoms with Crippen LogP contribution in [0.15, 0.2) is 60.7 Å². The average molecular weight is 599 g/mol. The lowest BCUT2D eigenvalue weighted by atomic mass is 9.99. The molecule has 2 aromatic rings. The van der Waals surface area contributed by atoms with E-state index in [4.69, 9.17) is 23.4 Å². The zero-order valence-corrected chi connectivity index (χ0v) is 24.0. The molecule has 5 atom stereocenters. The van der Waals surface area contributed by atoms with Gasteiger partial charge in [-0.05, 0) is 29.3 Å². The molecule has 5 nitrogen and oxygen atoms in total. The van der Waals surface area contributed by atoms with Gasteiger partial charge in [-0.3, -0.25) is 0 Å². The maximum absolute atomic E-state index is 7.05. The van der Waals surface area contributed by atoms with Gasteiger partial charge < -0.3 is 23.4 Å². The zero-order valence-electron chi connectivity index (χ0n) is 20.8. The van der Waals surface area contributed by atoms with Gasteiger partial charge in [-0.1, -0.05) is 104 Å². The Morgan fingerprint density at radius 3 is 1.71 bits per heavy atom. The van der Waals surface area contributed by atoms with E-state index < -0.39 is 20.7 Å². The normalized spacial score (nSPS) is 25.4. The molecule has 0 saturated carbocycles. The van der Waals surface area contributed by atoms with Crippen LogP contribution in [0, 0.1) is 0 Å². The van der Waals surface area contributed by atoms with E-state index >= 15 is 0 Å². The summed E-state index contributed by atoms with van der Waals surface area (Å²) in [6.07, 6.45) is -1.57. The quantitative estimate of drug-likeness (QED) is 0.153. The van der Waals surface area contributed by atoms with E-state index in [1.165, 1.54) is 0 Å². The minimum atomic E-state index is -1.92. The molecule has 0 spiro atoms. The lowest BCUT2D eigenvalue weighted by Crippen LogP contribution is -2.63. The number of hydrogen-bond donors (Lipinski definition) is 0. The summed E-state index contributed by atoms with van der Waals surface area (Å²) in [6.45, 7) is 7.70. The molecule has 7 heteroatoms. The summed E-state index contributed by atoms with van der Waals surface area (Å²) in [5.41, 5.74) is 2.23. The third-order valence-corrected chi connectivity index (χ3v) is 12.4. The Bertz CT molecular complexity index is 812. The SMILES string of the molecule is CC[Si](CC)(CC)O[C@H]1[C@H](OCc2ccccc2)[C@@H](OCc2ccccc2)[C@@H](OC)O[C@@H]1CI. The third-order valence-electron chi connectivity index (χ3n) is 6.87. The fourth-order valence-corrected chi connectivity index (χ4v) is 8.09. The first-order chi connectivity index (χ1) is 16.6. The van der Waals surface area contributed by atoms with Crippen molar-refractivity contribution < 1.29 is 23.4 Å². The lowest BCUT2D eigenvalue weighted by molar-refractivity contribution is -0.303. The predicted molar refractivity (Wildman–Crippen MR) is 147 cm³/mol. The number of rotatable bonds is 13. The number of hydrogen-bond acceptors (Lipinski definition) is 5. The van der Waals surface area contributed by atoms with Crippen LogP contribution < -0.4 is 0 Å². The molecule has 1 heterocycles. The Morgan fingerprint density at radius 1 is 0.765 bits per heavy atom. The Labute approximate surface area is 219 Å². The van der Waals surface area contributed by atoms with Gasteiger partial charge in [-0.2, -0.15) is 0 Å². The first-order valence-corrected chi connectivity index (χ1v) is 16.4. The van der Waals surface area contributed by atoms with Crippen LogP contribution in [-0.2, 0) is 36.6 Å². The van der Waals surface area contributed by atoms with Crippen molar-refractivity contribution in [3.8, 4) is 0 Å². The van der Waals surface area contributed by atoms with Crippen LogP contribution in [0.1, 0.15) is 31.9 Å². The van der Waals surface area contributed by atoms with Gasteiger partial charge in [0.25, 0.3) is 0 Å². The summed E-state index contributed by atoms with van der Waals surface area (Å²) < 4.78 is 33.2. The van der Waals surface area contributed by atoms with Gasteiger partial charge >= 0.3 is 0 Å². The summed E-state index contributed by atoms with van der Waals surface area (Å²) in [7, 11) is -0.248. The van der Waals surface area contributed by atoms with Crippen molar-refractivity contribution in [1.29, 1.82) is 0 Å². The van der Waals surface area contributed by atoms with Crippen molar-refractivity contribution in [3.05, 3.63) is 71.8 Å². The molecule has 0 radical (unpaired) electrons. The highest BCUT2D eigenvalue weighted by molar-refractivity contribution is 14.1. The highest BCUT2D eigenvalue weighted by Gasteiger charge is 2.50. The molecular formula is C27H39IO5Si. The summed E-state index contributed by atoms with van der Waals surface area (Å²) in [4.78, 5) is 0. The van der Waals surface area contributed by atoms with E-state index in [2.05, 4.69) is 67.6 Å². The first-order valence-electron chi connectivity index (χ1n) is 12.3. The fourth-order valence-electron chi connectivity index (χ4n) is 4.52. The summed E-state index contributed by atoms with van der Waals surface area (Å²) in [6, 6.07) is 23.7. The van der Waals surface area contributed by atoms with Gasteiger partial charge in [-0.25, -0.2) is 0 Å². The molecule has 1 fully saturated rings. The van der Waals surface area contributed by atoms with E-state index in [0.29, 0.717) is 13.2 Å². The van der Waals surface area contributed by atoms with Gasteiger partial charge in [0.05, 0.1) is 19.3 Å². The third kappa shape index (κ3) is 7.12. The maximum atomic E-state index is 7.05. The molecule has 3 rings (SSSR count). The molecule has 1 aliphatic rings. The van der Waals surface area contributed by atoms with Gasteiger partial charge in [-0.15, -0.1) is 0 Å². The highest BCUT2D eigenvalue weighted by atomic mass is 127. The largest absolute Gasteiger partial charge is 0.408 e. The van der Waals surface area contributed by atoms with Crippen molar-refractivity contribution in [3.63, 3.8) is 0 Å². The topological polar surface area (TPSA) is 46.2 Å². The van der Waals surface area contributed by atoms with E-state index in [1.54, 1.807) is 7.11 Å². The van der Waals surface area contributed by atoms with E-state index in [1.807, 2.05) is 36.4 Å². The highest BCUT2D eigenvalue weighted by Crippen LogP contribution is 2.35. The molecule has 0 amide bonds. The van der Waals surface area contributed by atoms with Crippen molar-refractivity contribution in [1.82, 2.24) is 0 Å². The number of methoxy groups -OCH3 is 1. The Kier molecular flexibility index (Phi) is 11.5. The standard InChI is InChI=1S/C27H39IO5Si/c1-5-34(6-2,7-3)33-24-23(18-28)32-27(29-4)26(31-20-22-16-12-9-13-17-22)25(24)30-19-21-14-10-8-11-15-21/h8-17,23-27H,5-7,18-20H2,1-4H3/t23-,24-,25+,26-,27+/m1/s1. The average Bonchev–Trinajstić information content (AvgIpc) is 2.90.